The molecule has 160 valence electrons. The third-order valence-electron chi connectivity index (χ3n) is 6.32. The first-order chi connectivity index (χ1) is 15.9. The smallest absolute Gasteiger partial charge is 0.280 e. The van der Waals surface area contributed by atoms with Crippen LogP contribution in [0, 0.1) is 0 Å². The highest BCUT2D eigenvalue weighted by atomic mass is 35.5. The van der Waals surface area contributed by atoms with Crippen molar-refractivity contribution in [3.63, 3.8) is 0 Å². The van der Waals surface area contributed by atoms with E-state index in [2.05, 4.69) is 5.43 Å². The summed E-state index contributed by atoms with van der Waals surface area (Å²) < 4.78 is 0. The quantitative estimate of drug-likeness (QED) is 0.448. The lowest BCUT2D eigenvalue weighted by atomic mass is 9.90. The van der Waals surface area contributed by atoms with Gasteiger partial charge in [-0.1, -0.05) is 72.3 Å². The van der Waals surface area contributed by atoms with Crippen LogP contribution in [0.4, 0.5) is 0 Å². The summed E-state index contributed by atoms with van der Waals surface area (Å²) in [6, 6.07) is 22.1. The number of amides is 3. The van der Waals surface area contributed by atoms with Gasteiger partial charge in [0.1, 0.15) is 0 Å². The van der Waals surface area contributed by atoms with Gasteiger partial charge >= 0.3 is 0 Å². The molecule has 1 aliphatic carbocycles. The minimum Gasteiger partial charge on any atom is -0.372 e. The summed E-state index contributed by atoms with van der Waals surface area (Å²) in [5, 5.41) is 13.8. The maximum Gasteiger partial charge on any atom is 0.280 e. The summed E-state index contributed by atoms with van der Waals surface area (Å²) in [4.78, 5) is 40.0. The van der Waals surface area contributed by atoms with Crippen molar-refractivity contribution in [3.05, 3.63) is 106 Å². The molecule has 1 aliphatic heterocycles. The number of hydrazine groups is 1. The average molecular weight is 455 g/mol. The first-order valence-electron chi connectivity index (χ1n) is 10.3. The fourth-order valence-corrected chi connectivity index (χ4v) is 5.02. The highest BCUT2D eigenvalue weighted by Gasteiger charge is 2.49. The fourth-order valence-electron chi connectivity index (χ4n) is 4.80. The van der Waals surface area contributed by atoms with E-state index in [1.165, 1.54) is 6.07 Å². The minimum absolute atomic E-state index is 0.240. The Kier molecular flexibility index (Phi) is 4.02. The predicted octanol–water partition coefficient (Wildman–Crippen LogP) is 4.04. The molecule has 0 saturated heterocycles. The van der Waals surface area contributed by atoms with Gasteiger partial charge in [-0.15, -0.1) is 0 Å². The van der Waals surface area contributed by atoms with E-state index in [4.69, 9.17) is 11.6 Å². The zero-order valence-electron chi connectivity index (χ0n) is 17.0. The lowest BCUT2D eigenvalue weighted by Gasteiger charge is -2.31. The van der Waals surface area contributed by atoms with Crippen LogP contribution in [0.1, 0.15) is 31.8 Å². The highest BCUT2D eigenvalue weighted by molar-refractivity contribution is 6.38. The number of hydrogen-bond acceptors (Lipinski definition) is 4. The monoisotopic (exact) mass is 454 g/mol. The van der Waals surface area contributed by atoms with Crippen LogP contribution in [-0.2, 0) is 10.4 Å². The number of nitrogens with zero attached hydrogens (tertiary/aromatic N) is 1. The van der Waals surface area contributed by atoms with E-state index in [1.54, 1.807) is 48.5 Å². The van der Waals surface area contributed by atoms with E-state index >= 15 is 0 Å². The van der Waals surface area contributed by atoms with Gasteiger partial charge in [0.05, 0.1) is 11.1 Å². The minimum atomic E-state index is -2.07. The second-order valence-electron chi connectivity index (χ2n) is 8.01. The number of fused-ring (bicyclic) bond motifs is 3. The third kappa shape index (κ3) is 2.50. The Hall–Kier alpha value is -4.00. The normalized spacial score (nSPS) is 15.4. The van der Waals surface area contributed by atoms with Crippen LogP contribution in [0.3, 0.4) is 0 Å². The van der Waals surface area contributed by atoms with Crippen molar-refractivity contribution < 1.29 is 19.5 Å². The van der Waals surface area contributed by atoms with E-state index in [9.17, 15) is 19.5 Å². The summed E-state index contributed by atoms with van der Waals surface area (Å²) >= 11 is 6.26. The van der Waals surface area contributed by atoms with Crippen molar-refractivity contribution in [3.8, 4) is 11.1 Å². The van der Waals surface area contributed by atoms with Gasteiger partial charge in [0.2, 0.25) is 0 Å². The van der Waals surface area contributed by atoms with Crippen molar-refractivity contribution in [2.24, 2.45) is 0 Å². The molecule has 0 fully saturated rings. The van der Waals surface area contributed by atoms with Crippen LogP contribution in [-0.4, -0.2) is 27.8 Å². The molecule has 0 spiro atoms. The van der Waals surface area contributed by atoms with Crippen molar-refractivity contribution in [2.45, 2.75) is 5.60 Å². The zero-order chi connectivity index (χ0) is 22.9. The topological polar surface area (TPSA) is 86.7 Å². The fraction of sp³-hybridized carbons (Fsp3) is 0.0385. The first-order valence-corrected chi connectivity index (χ1v) is 10.6. The summed E-state index contributed by atoms with van der Waals surface area (Å²) in [5.41, 5.74) is 3.00. The molecule has 4 aromatic rings. The molecule has 3 amide bonds. The van der Waals surface area contributed by atoms with Gasteiger partial charge in [-0.3, -0.25) is 19.8 Å². The van der Waals surface area contributed by atoms with Gasteiger partial charge in [0.15, 0.2) is 5.60 Å². The predicted molar refractivity (Wildman–Crippen MR) is 122 cm³/mol. The first kappa shape index (κ1) is 19.7. The Bertz CT molecular complexity index is 1480. The second kappa shape index (κ2) is 6.75. The number of carbonyl (C=O) groups is 3. The number of benzene rings is 4. The second-order valence-corrected chi connectivity index (χ2v) is 8.42. The van der Waals surface area contributed by atoms with Gasteiger partial charge in [0.25, 0.3) is 17.7 Å². The molecule has 2 N–H and O–H groups in total. The molecule has 6 rings (SSSR count). The molecule has 6 nitrogen and oxygen atoms in total. The number of carbonyl (C=O) groups excluding carboxylic acids is 3. The molecule has 0 unspecified atom stereocenters. The lowest BCUT2D eigenvalue weighted by molar-refractivity contribution is -0.139. The number of rotatable bonds is 2. The van der Waals surface area contributed by atoms with Crippen LogP contribution in [0.2, 0.25) is 5.02 Å². The van der Waals surface area contributed by atoms with E-state index < -0.39 is 23.3 Å². The van der Waals surface area contributed by atoms with E-state index in [1.807, 2.05) is 24.3 Å². The van der Waals surface area contributed by atoms with Gasteiger partial charge in [-0.2, -0.15) is 5.01 Å². The Labute approximate surface area is 193 Å². The standard InChI is InChI=1S/C26H15ClN2O4/c27-21-13-12-18-22-16(21)8-5-9-17(22)23(30)29(24(18)31)28-25(32)26(33)19-10-3-1-6-14(19)15-7-2-4-11-20(15)26/h1-13,33H,(H,28,32). The molecule has 1 heterocycles. The average Bonchev–Trinajstić information content (AvgIpc) is 3.11. The summed E-state index contributed by atoms with van der Waals surface area (Å²) in [5.74, 6) is -2.29. The van der Waals surface area contributed by atoms with Gasteiger partial charge in [0, 0.05) is 26.9 Å². The molecule has 7 heteroatoms. The third-order valence-corrected chi connectivity index (χ3v) is 6.65. The number of aliphatic hydroxyl groups is 1. The summed E-state index contributed by atoms with van der Waals surface area (Å²) in [7, 11) is 0. The van der Waals surface area contributed by atoms with E-state index in [0.717, 1.165) is 0 Å². The highest BCUT2D eigenvalue weighted by Crippen LogP contribution is 2.47. The number of hydrogen-bond donors (Lipinski definition) is 2. The van der Waals surface area contributed by atoms with Crippen LogP contribution in [0.15, 0.2) is 78.9 Å². The summed E-state index contributed by atoms with van der Waals surface area (Å²) in [6.07, 6.45) is 0. The van der Waals surface area contributed by atoms with Crippen molar-refractivity contribution in [2.75, 3.05) is 0 Å². The summed E-state index contributed by atoms with van der Waals surface area (Å²) in [6.45, 7) is 0. The van der Waals surface area contributed by atoms with Crippen molar-refractivity contribution >= 4 is 40.1 Å². The SMILES string of the molecule is O=C1c2cccc3c(Cl)ccc(c23)C(=O)N1NC(=O)C1(O)c2ccccc2-c2ccccc21. The van der Waals surface area contributed by atoms with Gasteiger partial charge in [-0.05, 0) is 29.3 Å². The molecule has 0 radical (unpaired) electrons. The molecule has 0 aromatic heterocycles. The Morgan fingerprint density at radius 1 is 0.758 bits per heavy atom. The van der Waals surface area contributed by atoms with Crippen LogP contribution in [0.5, 0.6) is 0 Å². The molecular formula is C26H15ClN2O4. The van der Waals surface area contributed by atoms with Gasteiger partial charge in [-0.25, -0.2) is 0 Å². The van der Waals surface area contributed by atoms with E-state index in [0.29, 0.717) is 43.1 Å². The maximum absolute atomic E-state index is 13.5. The molecule has 2 aliphatic rings. The molecular weight excluding hydrogens is 440 g/mol. The van der Waals surface area contributed by atoms with Crippen LogP contribution < -0.4 is 5.43 Å². The molecule has 33 heavy (non-hydrogen) atoms. The van der Waals surface area contributed by atoms with Crippen LogP contribution >= 0.6 is 11.6 Å². The van der Waals surface area contributed by atoms with Crippen LogP contribution in [0.25, 0.3) is 21.9 Å². The Morgan fingerprint density at radius 2 is 1.30 bits per heavy atom. The van der Waals surface area contributed by atoms with E-state index in [-0.39, 0.29) is 11.1 Å². The Balaban J connectivity index is 1.45. The maximum atomic E-state index is 13.5. The van der Waals surface area contributed by atoms with Gasteiger partial charge < -0.3 is 5.11 Å². The van der Waals surface area contributed by atoms with Crippen molar-refractivity contribution in [1.82, 2.24) is 10.4 Å². The molecule has 0 bridgehead atoms. The number of halogens is 1. The molecule has 0 saturated carbocycles. The molecule has 0 atom stereocenters. The lowest BCUT2D eigenvalue weighted by Crippen LogP contribution is -2.56. The number of imide groups is 1. The molecule has 4 aromatic carbocycles. The number of nitrogens with one attached hydrogen (secondary N) is 1. The zero-order valence-corrected chi connectivity index (χ0v) is 17.8. The van der Waals surface area contributed by atoms with Crippen molar-refractivity contribution in [1.29, 1.82) is 0 Å². The largest absolute Gasteiger partial charge is 0.372 e. The Morgan fingerprint density at radius 3 is 1.94 bits per heavy atom.